The van der Waals surface area contributed by atoms with Crippen LogP contribution < -0.4 is 9.62 Å². The molecule has 1 N–H and O–H groups in total. The first kappa shape index (κ1) is 17.5. The van der Waals surface area contributed by atoms with Crippen molar-refractivity contribution < 1.29 is 18.0 Å². The van der Waals surface area contributed by atoms with E-state index in [1.165, 1.54) is 11.2 Å². The van der Waals surface area contributed by atoms with Crippen LogP contribution in [0.15, 0.2) is 24.3 Å². The largest absolute Gasteiger partial charge is 0.354 e. The Labute approximate surface area is 136 Å². The molecule has 7 heteroatoms. The molecule has 0 aliphatic heterocycles. The number of rotatable bonds is 7. The minimum Gasteiger partial charge on any atom is -0.354 e. The number of anilines is 1. The van der Waals surface area contributed by atoms with Gasteiger partial charge in [0.25, 0.3) is 0 Å². The normalized spacial score (nSPS) is 14.9. The summed E-state index contributed by atoms with van der Waals surface area (Å²) in [4.78, 5) is 23.1. The smallest absolute Gasteiger partial charge is 0.232 e. The van der Waals surface area contributed by atoms with E-state index in [9.17, 15) is 18.0 Å². The van der Waals surface area contributed by atoms with Crippen LogP contribution >= 0.6 is 0 Å². The first-order valence-corrected chi connectivity index (χ1v) is 9.50. The van der Waals surface area contributed by atoms with Crippen LogP contribution in [-0.4, -0.2) is 39.5 Å². The van der Waals surface area contributed by atoms with Crippen molar-refractivity contribution in [3.8, 4) is 0 Å². The lowest BCUT2D eigenvalue weighted by Gasteiger charge is -2.26. The number of Topliss-reactive ketones (excluding diaryl/α,β-unsaturated/α-hetero) is 1. The lowest BCUT2D eigenvalue weighted by molar-refractivity contribution is -0.127. The summed E-state index contributed by atoms with van der Waals surface area (Å²) < 4.78 is 25.2. The molecule has 1 aliphatic rings. The Morgan fingerprint density at radius 2 is 1.83 bits per heavy atom. The highest BCUT2D eigenvalue weighted by molar-refractivity contribution is 7.92. The second-order valence-electron chi connectivity index (χ2n) is 5.86. The Kier molecular flexibility index (Phi) is 5.41. The second kappa shape index (κ2) is 7.12. The van der Waals surface area contributed by atoms with E-state index in [1.54, 1.807) is 24.3 Å². The van der Waals surface area contributed by atoms with Gasteiger partial charge in [0, 0.05) is 18.0 Å². The number of amides is 1. The fourth-order valence-electron chi connectivity index (χ4n) is 2.44. The standard InChI is InChI=1S/C16H22N2O4S/c1-12(19)13-6-8-15(9-7-13)18(23(2,21)22)11-10-17-16(20)14-4-3-5-14/h6-9,14H,3-5,10-11H2,1-2H3,(H,17,20). The van der Waals surface area contributed by atoms with Crippen LogP contribution in [0.2, 0.25) is 0 Å². The van der Waals surface area contributed by atoms with Gasteiger partial charge in [-0.05, 0) is 44.0 Å². The maximum absolute atomic E-state index is 12.0. The van der Waals surface area contributed by atoms with Gasteiger partial charge in [-0.3, -0.25) is 13.9 Å². The fraction of sp³-hybridized carbons (Fsp3) is 0.500. The molecule has 0 aromatic heterocycles. The number of sulfonamides is 1. The monoisotopic (exact) mass is 338 g/mol. The number of carbonyl (C=O) groups excluding carboxylic acids is 2. The summed E-state index contributed by atoms with van der Waals surface area (Å²) in [7, 11) is -3.46. The summed E-state index contributed by atoms with van der Waals surface area (Å²) in [5.41, 5.74) is 1.01. The quantitative estimate of drug-likeness (QED) is 0.765. The first-order chi connectivity index (χ1) is 10.8. The van der Waals surface area contributed by atoms with Crippen LogP contribution in [0.4, 0.5) is 5.69 Å². The number of nitrogens with zero attached hydrogens (tertiary/aromatic N) is 1. The van der Waals surface area contributed by atoms with Crippen molar-refractivity contribution in [3.05, 3.63) is 29.8 Å². The summed E-state index contributed by atoms with van der Waals surface area (Å²) in [6.07, 6.45) is 4.03. The van der Waals surface area contributed by atoms with Crippen LogP contribution in [0.1, 0.15) is 36.5 Å². The van der Waals surface area contributed by atoms with E-state index >= 15 is 0 Å². The maximum Gasteiger partial charge on any atom is 0.232 e. The topological polar surface area (TPSA) is 83.6 Å². The van der Waals surface area contributed by atoms with E-state index < -0.39 is 10.0 Å². The molecule has 1 fully saturated rings. The number of hydrogen-bond acceptors (Lipinski definition) is 4. The number of benzene rings is 1. The summed E-state index contributed by atoms with van der Waals surface area (Å²) in [6.45, 7) is 1.88. The van der Waals surface area contributed by atoms with Crippen molar-refractivity contribution in [2.45, 2.75) is 26.2 Å². The van der Waals surface area contributed by atoms with Gasteiger partial charge in [-0.25, -0.2) is 8.42 Å². The average Bonchev–Trinajstić information content (AvgIpc) is 2.40. The van der Waals surface area contributed by atoms with E-state index in [2.05, 4.69) is 5.32 Å². The van der Waals surface area contributed by atoms with Gasteiger partial charge in [-0.15, -0.1) is 0 Å². The Hall–Kier alpha value is -1.89. The van der Waals surface area contributed by atoms with Gasteiger partial charge in [-0.1, -0.05) is 6.42 Å². The van der Waals surface area contributed by atoms with Gasteiger partial charge in [0.15, 0.2) is 5.78 Å². The van der Waals surface area contributed by atoms with Crippen molar-refractivity contribution in [2.24, 2.45) is 5.92 Å². The van der Waals surface area contributed by atoms with E-state index in [0.29, 0.717) is 11.3 Å². The Morgan fingerprint density at radius 3 is 2.26 bits per heavy atom. The van der Waals surface area contributed by atoms with Crippen LogP contribution in [0.3, 0.4) is 0 Å². The van der Waals surface area contributed by atoms with Crippen LogP contribution in [0, 0.1) is 5.92 Å². The van der Waals surface area contributed by atoms with Crippen molar-refractivity contribution >= 4 is 27.4 Å². The van der Waals surface area contributed by atoms with Crippen molar-refractivity contribution in [3.63, 3.8) is 0 Å². The fourth-order valence-corrected chi connectivity index (χ4v) is 3.37. The highest BCUT2D eigenvalue weighted by atomic mass is 32.2. The molecular weight excluding hydrogens is 316 g/mol. The predicted octanol–water partition coefficient (Wildman–Crippen LogP) is 1.57. The average molecular weight is 338 g/mol. The molecule has 23 heavy (non-hydrogen) atoms. The molecule has 126 valence electrons. The Balaban J connectivity index is 2.02. The zero-order chi connectivity index (χ0) is 17.0. The van der Waals surface area contributed by atoms with Gasteiger partial charge < -0.3 is 5.32 Å². The molecule has 1 aromatic carbocycles. The minimum atomic E-state index is -3.46. The lowest BCUT2D eigenvalue weighted by Crippen LogP contribution is -2.41. The zero-order valence-electron chi connectivity index (χ0n) is 13.4. The van der Waals surface area contributed by atoms with E-state index in [1.807, 2.05) is 0 Å². The minimum absolute atomic E-state index is 0.00312. The molecule has 0 radical (unpaired) electrons. The highest BCUT2D eigenvalue weighted by Gasteiger charge is 2.25. The highest BCUT2D eigenvalue weighted by Crippen LogP contribution is 2.26. The van der Waals surface area contributed by atoms with Gasteiger partial charge in [0.1, 0.15) is 0 Å². The molecule has 0 saturated heterocycles. The second-order valence-corrected chi connectivity index (χ2v) is 7.76. The molecule has 0 bridgehead atoms. The van der Waals surface area contributed by atoms with E-state index in [0.717, 1.165) is 25.5 Å². The molecule has 0 heterocycles. The van der Waals surface area contributed by atoms with Crippen molar-refractivity contribution in [1.29, 1.82) is 0 Å². The lowest BCUT2D eigenvalue weighted by atomic mass is 9.85. The van der Waals surface area contributed by atoms with Gasteiger partial charge in [-0.2, -0.15) is 0 Å². The van der Waals surface area contributed by atoms with Crippen LogP contribution in [-0.2, 0) is 14.8 Å². The molecule has 1 aliphatic carbocycles. The molecular formula is C16H22N2O4S. The molecule has 2 rings (SSSR count). The molecule has 6 nitrogen and oxygen atoms in total. The number of hydrogen-bond donors (Lipinski definition) is 1. The zero-order valence-corrected chi connectivity index (χ0v) is 14.2. The third-order valence-corrected chi connectivity index (χ3v) is 5.25. The molecule has 0 unspecified atom stereocenters. The predicted molar refractivity (Wildman–Crippen MR) is 89.0 cm³/mol. The third kappa shape index (κ3) is 4.54. The Bertz CT molecular complexity index is 679. The van der Waals surface area contributed by atoms with Gasteiger partial charge >= 0.3 is 0 Å². The summed E-state index contributed by atoms with van der Waals surface area (Å²) in [6, 6.07) is 6.41. The van der Waals surface area contributed by atoms with Crippen molar-refractivity contribution in [1.82, 2.24) is 5.32 Å². The van der Waals surface area contributed by atoms with Gasteiger partial charge in [0.2, 0.25) is 15.9 Å². The Morgan fingerprint density at radius 1 is 1.22 bits per heavy atom. The molecule has 1 saturated carbocycles. The van der Waals surface area contributed by atoms with Crippen LogP contribution in [0.25, 0.3) is 0 Å². The number of nitrogens with one attached hydrogen (secondary N) is 1. The molecule has 0 atom stereocenters. The summed E-state index contributed by atoms with van der Waals surface area (Å²) in [5, 5.41) is 2.79. The van der Waals surface area contributed by atoms with E-state index in [-0.39, 0.29) is 30.7 Å². The molecule has 1 amide bonds. The van der Waals surface area contributed by atoms with Crippen LogP contribution in [0.5, 0.6) is 0 Å². The van der Waals surface area contributed by atoms with Gasteiger partial charge in [0.05, 0.1) is 18.5 Å². The molecule has 1 aromatic rings. The maximum atomic E-state index is 12.0. The van der Waals surface area contributed by atoms with Crippen molar-refractivity contribution in [2.75, 3.05) is 23.7 Å². The third-order valence-electron chi connectivity index (χ3n) is 4.05. The summed E-state index contributed by atoms with van der Waals surface area (Å²) >= 11 is 0. The first-order valence-electron chi connectivity index (χ1n) is 7.65. The number of ketones is 1. The summed E-state index contributed by atoms with van der Waals surface area (Å²) in [5.74, 6) is 0.00313. The number of carbonyl (C=O) groups is 2. The molecule has 0 spiro atoms. The SMILES string of the molecule is CC(=O)c1ccc(N(CCNC(=O)C2CCC2)S(C)(=O)=O)cc1. The van der Waals surface area contributed by atoms with E-state index in [4.69, 9.17) is 0 Å².